The van der Waals surface area contributed by atoms with E-state index in [2.05, 4.69) is 58.8 Å². The predicted octanol–water partition coefficient (Wildman–Crippen LogP) is 5.10. The fraction of sp³-hybridized carbons (Fsp3) is 0.240. The monoisotopic (exact) mass is 412 g/mol. The molecule has 5 rings (SSSR count). The summed E-state index contributed by atoms with van der Waals surface area (Å²) in [5.74, 6) is 0.609. The fourth-order valence-electron chi connectivity index (χ4n) is 3.96. The summed E-state index contributed by atoms with van der Waals surface area (Å²) in [5.41, 5.74) is 5.52. The predicted molar refractivity (Wildman–Crippen MR) is 123 cm³/mol. The van der Waals surface area contributed by atoms with Gasteiger partial charge in [-0.25, -0.2) is 0 Å². The lowest BCUT2D eigenvalue weighted by molar-refractivity contribution is 0.443. The molecule has 0 saturated heterocycles. The number of hydrogen-bond donors (Lipinski definition) is 1. The summed E-state index contributed by atoms with van der Waals surface area (Å²) in [5, 5.41) is 0.486. The average Bonchev–Trinajstić information content (AvgIpc) is 3.17. The Morgan fingerprint density at radius 1 is 1.06 bits per heavy atom. The van der Waals surface area contributed by atoms with Crippen LogP contribution in [0.5, 0.6) is 11.8 Å². The Labute approximate surface area is 180 Å². The number of benzene rings is 2. The number of ether oxygens (including phenoxy) is 1. The fourth-order valence-corrected chi connectivity index (χ4v) is 3.96. The number of fused-ring (bicyclic) bond motifs is 2. The number of hydrogen-bond acceptors (Lipinski definition) is 5. The minimum atomic E-state index is -0.248. The van der Waals surface area contributed by atoms with E-state index < -0.39 is 0 Å². The molecule has 0 saturated carbocycles. The molecular weight excluding hydrogens is 388 g/mol. The van der Waals surface area contributed by atoms with Gasteiger partial charge in [0.1, 0.15) is 5.75 Å². The third-order valence-electron chi connectivity index (χ3n) is 5.69. The first-order valence-corrected chi connectivity index (χ1v) is 10.4. The van der Waals surface area contributed by atoms with Gasteiger partial charge in [-0.3, -0.25) is 14.8 Å². The zero-order valence-electron chi connectivity index (χ0n) is 17.8. The van der Waals surface area contributed by atoms with Crippen molar-refractivity contribution in [1.29, 1.82) is 0 Å². The minimum Gasteiger partial charge on any atom is -0.426 e. The van der Waals surface area contributed by atoms with Gasteiger partial charge in [-0.1, -0.05) is 32.9 Å². The minimum absolute atomic E-state index is 0.148. The number of nitrogens with zero attached hydrogens (tertiary/aromatic N) is 3. The SMILES string of the molecule is CC(C)(C)c1ccc2c(c1)CCN2c1ccc(Oc2nc3cnccc3c(=O)[nH]2)cc1. The quantitative estimate of drug-likeness (QED) is 0.507. The van der Waals surface area contributed by atoms with Crippen LogP contribution >= 0.6 is 0 Å². The molecule has 0 radical (unpaired) electrons. The van der Waals surface area contributed by atoms with Gasteiger partial charge in [-0.2, -0.15) is 4.98 Å². The first-order valence-electron chi connectivity index (χ1n) is 10.4. The second-order valence-electron chi connectivity index (χ2n) is 8.85. The van der Waals surface area contributed by atoms with Gasteiger partial charge >= 0.3 is 6.01 Å². The molecule has 0 bridgehead atoms. The Bertz CT molecular complexity index is 1320. The van der Waals surface area contributed by atoms with Gasteiger partial charge in [-0.05, 0) is 59.4 Å². The third-order valence-corrected chi connectivity index (χ3v) is 5.69. The van der Waals surface area contributed by atoms with Crippen molar-refractivity contribution in [3.05, 3.63) is 82.4 Å². The smallest absolute Gasteiger partial charge is 0.302 e. The van der Waals surface area contributed by atoms with E-state index in [0.29, 0.717) is 16.7 Å². The van der Waals surface area contributed by atoms with Crippen molar-refractivity contribution in [3.8, 4) is 11.8 Å². The molecule has 6 heteroatoms. The maximum absolute atomic E-state index is 12.2. The van der Waals surface area contributed by atoms with Gasteiger partial charge in [0.05, 0.1) is 17.1 Å². The number of pyridine rings is 1. The second kappa shape index (κ2) is 7.23. The summed E-state index contributed by atoms with van der Waals surface area (Å²) in [6, 6.07) is 16.4. The van der Waals surface area contributed by atoms with Gasteiger partial charge in [0.2, 0.25) is 0 Å². The molecule has 3 heterocycles. The number of aromatic nitrogens is 3. The molecule has 0 fully saturated rings. The Morgan fingerprint density at radius 2 is 1.87 bits per heavy atom. The topological polar surface area (TPSA) is 71.1 Å². The molecule has 31 heavy (non-hydrogen) atoms. The Morgan fingerprint density at radius 3 is 2.65 bits per heavy atom. The highest BCUT2D eigenvalue weighted by molar-refractivity contribution is 5.76. The van der Waals surface area contributed by atoms with Gasteiger partial charge in [-0.15, -0.1) is 0 Å². The molecule has 2 aromatic carbocycles. The molecule has 6 nitrogen and oxygen atoms in total. The lowest BCUT2D eigenvalue weighted by atomic mass is 9.86. The molecule has 1 aliphatic rings. The van der Waals surface area contributed by atoms with Crippen molar-refractivity contribution >= 4 is 22.3 Å². The van der Waals surface area contributed by atoms with Crippen LogP contribution in [0.4, 0.5) is 11.4 Å². The van der Waals surface area contributed by atoms with Gasteiger partial charge < -0.3 is 9.64 Å². The summed E-state index contributed by atoms with van der Waals surface area (Å²) < 4.78 is 5.79. The number of aromatic amines is 1. The van der Waals surface area contributed by atoms with Crippen LogP contribution in [0.25, 0.3) is 10.9 Å². The molecule has 0 amide bonds. The van der Waals surface area contributed by atoms with Crippen LogP contribution < -0.4 is 15.2 Å². The van der Waals surface area contributed by atoms with Crippen LogP contribution in [0.15, 0.2) is 65.7 Å². The van der Waals surface area contributed by atoms with E-state index >= 15 is 0 Å². The van der Waals surface area contributed by atoms with Crippen molar-refractivity contribution in [2.45, 2.75) is 32.6 Å². The van der Waals surface area contributed by atoms with Crippen LogP contribution in [0.1, 0.15) is 31.9 Å². The van der Waals surface area contributed by atoms with E-state index in [1.807, 2.05) is 24.3 Å². The highest BCUT2D eigenvalue weighted by Gasteiger charge is 2.23. The number of nitrogens with one attached hydrogen (secondary N) is 1. The van der Waals surface area contributed by atoms with Gasteiger partial charge in [0, 0.05) is 24.1 Å². The molecule has 1 N–H and O–H groups in total. The summed E-state index contributed by atoms with van der Waals surface area (Å²) in [6.45, 7) is 7.69. The Hall–Kier alpha value is -3.67. The Balaban J connectivity index is 1.38. The average molecular weight is 412 g/mol. The van der Waals surface area contributed by atoms with E-state index in [1.54, 1.807) is 18.5 Å². The number of anilines is 2. The maximum Gasteiger partial charge on any atom is 0.302 e. The van der Waals surface area contributed by atoms with Crippen LogP contribution in [-0.2, 0) is 11.8 Å². The van der Waals surface area contributed by atoms with Gasteiger partial charge in [0.15, 0.2) is 0 Å². The molecule has 0 aliphatic carbocycles. The zero-order chi connectivity index (χ0) is 21.6. The van der Waals surface area contributed by atoms with Crippen LogP contribution in [-0.4, -0.2) is 21.5 Å². The Kier molecular flexibility index (Phi) is 4.50. The van der Waals surface area contributed by atoms with Crippen LogP contribution in [0, 0.1) is 0 Å². The first kappa shape index (κ1) is 19.3. The third kappa shape index (κ3) is 3.65. The van der Waals surface area contributed by atoms with Crippen molar-refractivity contribution < 1.29 is 4.74 Å². The summed E-state index contributed by atoms with van der Waals surface area (Å²) in [7, 11) is 0. The number of rotatable bonds is 3. The molecule has 156 valence electrons. The van der Waals surface area contributed by atoms with E-state index in [4.69, 9.17) is 4.74 Å². The summed E-state index contributed by atoms with van der Waals surface area (Å²) >= 11 is 0. The highest BCUT2D eigenvalue weighted by atomic mass is 16.5. The van der Waals surface area contributed by atoms with E-state index in [0.717, 1.165) is 18.7 Å². The summed E-state index contributed by atoms with van der Waals surface area (Å²) in [6.07, 6.45) is 4.16. The molecule has 4 aromatic rings. The largest absolute Gasteiger partial charge is 0.426 e. The summed E-state index contributed by atoms with van der Waals surface area (Å²) in [4.78, 5) is 25.6. The first-order chi connectivity index (χ1) is 14.9. The highest BCUT2D eigenvalue weighted by Crippen LogP contribution is 2.37. The van der Waals surface area contributed by atoms with Crippen molar-refractivity contribution in [2.75, 3.05) is 11.4 Å². The number of H-pyrrole nitrogens is 1. The van der Waals surface area contributed by atoms with Crippen LogP contribution in [0.3, 0.4) is 0 Å². The maximum atomic E-state index is 12.2. The molecule has 2 aromatic heterocycles. The van der Waals surface area contributed by atoms with Crippen LogP contribution in [0.2, 0.25) is 0 Å². The standard InChI is InChI=1S/C25H24N4O2/c1-25(2,3)17-4-9-22-16(14-17)11-13-29(22)18-5-7-19(8-6-18)31-24-27-21-15-26-12-10-20(21)23(30)28-24/h4-10,12,14-15H,11,13H2,1-3H3,(H,27,28,30). The normalized spacial score (nSPS) is 13.5. The molecule has 0 unspecified atom stereocenters. The van der Waals surface area contributed by atoms with Crippen molar-refractivity contribution in [2.24, 2.45) is 0 Å². The zero-order valence-corrected chi connectivity index (χ0v) is 17.8. The van der Waals surface area contributed by atoms with Crippen molar-refractivity contribution in [1.82, 2.24) is 15.0 Å². The second-order valence-corrected chi connectivity index (χ2v) is 8.85. The lowest BCUT2D eigenvalue weighted by Crippen LogP contribution is -2.13. The van der Waals surface area contributed by atoms with E-state index in [1.165, 1.54) is 16.8 Å². The van der Waals surface area contributed by atoms with Gasteiger partial charge in [0.25, 0.3) is 5.56 Å². The van der Waals surface area contributed by atoms with E-state index in [9.17, 15) is 4.79 Å². The molecule has 0 atom stereocenters. The van der Waals surface area contributed by atoms with E-state index in [-0.39, 0.29) is 17.0 Å². The van der Waals surface area contributed by atoms with Crippen molar-refractivity contribution in [3.63, 3.8) is 0 Å². The molecular formula is C25H24N4O2. The molecule has 0 spiro atoms. The lowest BCUT2D eigenvalue weighted by Gasteiger charge is -2.23. The molecule has 1 aliphatic heterocycles.